The number of hydrogen-bond acceptors (Lipinski definition) is 3. The number of nitrogens with two attached hydrogens (primary N) is 1. The number of anilines is 1. The molecule has 0 saturated carbocycles. The molecule has 2 rings (SSSR count). The zero-order valence-corrected chi connectivity index (χ0v) is 10.6. The number of aromatic nitrogens is 2. The van der Waals surface area contributed by atoms with Gasteiger partial charge in [-0.3, -0.25) is 4.68 Å². The third-order valence-electron chi connectivity index (χ3n) is 2.46. The van der Waals surface area contributed by atoms with E-state index in [0.29, 0.717) is 17.1 Å². The molecule has 0 aliphatic heterocycles. The maximum Gasteiger partial charge on any atom is 0.128 e. The number of aryl methyl sites for hydroxylation is 2. The second kappa shape index (κ2) is 3.83. The number of phenols is 1. The summed E-state index contributed by atoms with van der Waals surface area (Å²) in [6.07, 6.45) is 0. The van der Waals surface area contributed by atoms with Crippen LogP contribution < -0.4 is 5.73 Å². The van der Waals surface area contributed by atoms with Crippen LogP contribution in [0.3, 0.4) is 0 Å². The Morgan fingerprint density at radius 1 is 1.38 bits per heavy atom. The molecule has 0 aliphatic carbocycles. The third-order valence-corrected chi connectivity index (χ3v) is 2.92. The summed E-state index contributed by atoms with van der Waals surface area (Å²) in [5, 5.41) is 14.2. The highest BCUT2D eigenvalue weighted by Gasteiger charge is 2.12. The van der Waals surface area contributed by atoms with Crippen LogP contribution in [-0.2, 0) is 7.05 Å². The lowest BCUT2D eigenvalue weighted by Gasteiger charge is -2.05. The first kappa shape index (κ1) is 11.0. The Kier molecular flexibility index (Phi) is 2.63. The fraction of sp³-hybridized carbons (Fsp3) is 0.182. The number of halogens is 1. The molecule has 16 heavy (non-hydrogen) atoms. The largest absolute Gasteiger partial charge is 0.507 e. The Labute approximate surface area is 102 Å². The van der Waals surface area contributed by atoms with Crippen molar-refractivity contribution in [2.24, 2.45) is 7.05 Å². The Hall–Kier alpha value is -1.49. The van der Waals surface area contributed by atoms with Crippen LogP contribution in [0.1, 0.15) is 5.56 Å². The van der Waals surface area contributed by atoms with E-state index in [0.717, 1.165) is 10.0 Å². The molecule has 0 atom stereocenters. The van der Waals surface area contributed by atoms with Crippen LogP contribution in [0, 0.1) is 6.92 Å². The van der Waals surface area contributed by atoms with Crippen molar-refractivity contribution in [3.05, 3.63) is 28.2 Å². The van der Waals surface area contributed by atoms with Gasteiger partial charge in [-0.05, 0) is 24.6 Å². The average molecular weight is 282 g/mol. The second-order valence-electron chi connectivity index (χ2n) is 3.70. The van der Waals surface area contributed by atoms with Gasteiger partial charge < -0.3 is 10.8 Å². The number of rotatable bonds is 1. The Morgan fingerprint density at radius 3 is 2.62 bits per heavy atom. The molecule has 0 unspecified atom stereocenters. The van der Waals surface area contributed by atoms with Crippen LogP contribution in [0.4, 0.5) is 5.82 Å². The lowest BCUT2D eigenvalue weighted by Crippen LogP contribution is -1.96. The molecule has 2 aromatic rings. The van der Waals surface area contributed by atoms with Crippen LogP contribution in [0.25, 0.3) is 11.3 Å². The maximum atomic E-state index is 9.96. The highest BCUT2D eigenvalue weighted by molar-refractivity contribution is 9.10. The van der Waals surface area contributed by atoms with E-state index in [-0.39, 0.29) is 5.75 Å². The Morgan fingerprint density at radius 2 is 2.06 bits per heavy atom. The predicted octanol–water partition coefficient (Wildman–Crippen LogP) is 2.45. The van der Waals surface area contributed by atoms with Gasteiger partial charge >= 0.3 is 0 Å². The van der Waals surface area contributed by atoms with Crippen molar-refractivity contribution in [3.63, 3.8) is 0 Å². The molecule has 1 aromatic heterocycles. The predicted molar refractivity (Wildman–Crippen MR) is 67.2 cm³/mol. The molecule has 1 heterocycles. The first-order valence-electron chi connectivity index (χ1n) is 4.78. The number of phenolic OH excluding ortho intramolecular Hbond substituents is 1. The molecule has 0 radical (unpaired) electrons. The Bertz CT molecular complexity index is 529. The summed E-state index contributed by atoms with van der Waals surface area (Å²) in [4.78, 5) is 0. The van der Waals surface area contributed by atoms with Gasteiger partial charge in [-0.1, -0.05) is 15.9 Å². The van der Waals surface area contributed by atoms with E-state index in [1.807, 2.05) is 19.1 Å². The van der Waals surface area contributed by atoms with E-state index in [4.69, 9.17) is 5.73 Å². The molecule has 1 aromatic carbocycles. The minimum absolute atomic E-state index is 0.237. The maximum absolute atomic E-state index is 9.96. The molecular weight excluding hydrogens is 270 g/mol. The average Bonchev–Trinajstić information content (AvgIpc) is 2.53. The van der Waals surface area contributed by atoms with Gasteiger partial charge in [0.25, 0.3) is 0 Å². The summed E-state index contributed by atoms with van der Waals surface area (Å²) in [7, 11) is 1.76. The molecule has 5 heteroatoms. The monoisotopic (exact) mass is 281 g/mol. The summed E-state index contributed by atoms with van der Waals surface area (Å²) in [6, 6.07) is 5.41. The quantitative estimate of drug-likeness (QED) is 0.844. The summed E-state index contributed by atoms with van der Waals surface area (Å²) in [6.45, 7) is 1.84. The summed E-state index contributed by atoms with van der Waals surface area (Å²) in [5.41, 5.74) is 7.86. The highest BCUT2D eigenvalue weighted by Crippen LogP contribution is 2.34. The number of nitrogens with zero attached hydrogens (tertiary/aromatic N) is 2. The van der Waals surface area contributed by atoms with E-state index < -0.39 is 0 Å². The van der Waals surface area contributed by atoms with Crippen molar-refractivity contribution in [2.45, 2.75) is 6.92 Å². The van der Waals surface area contributed by atoms with Gasteiger partial charge in [-0.15, -0.1) is 0 Å². The van der Waals surface area contributed by atoms with Crippen molar-refractivity contribution in [2.75, 3.05) is 5.73 Å². The molecule has 0 bridgehead atoms. The number of hydrogen-bond donors (Lipinski definition) is 2. The standard InChI is InChI=1S/C11H12BrN3O/c1-6-3-7(12)4-8(11(6)16)9-5-10(13)15(2)14-9/h3-5,16H,13H2,1-2H3. The van der Waals surface area contributed by atoms with Crippen molar-refractivity contribution < 1.29 is 5.11 Å². The van der Waals surface area contributed by atoms with Crippen LogP contribution in [0.5, 0.6) is 5.75 Å². The molecular formula is C11H12BrN3O. The highest BCUT2D eigenvalue weighted by atomic mass is 79.9. The lowest BCUT2D eigenvalue weighted by molar-refractivity contribution is 0.472. The van der Waals surface area contributed by atoms with Crippen LogP contribution in [0.2, 0.25) is 0 Å². The minimum atomic E-state index is 0.237. The molecule has 4 nitrogen and oxygen atoms in total. The van der Waals surface area contributed by atoms with Crippen LogP contribution >= 0.6 is 15.9 Å². The van der Waals surface area contributed by atoms with Crippen molar-refractivity contribution in [1.82, 2.24) is 9.78 Å². The molecule has 0 spiro atoms. The first-order chi connectivity index (χ1) is 7.49. The van der Waals surface area contributed by atoms with Crippen LogP contribution in [0.15, 0.2) is 22.7 Å². The molecule has 84 valence electrons. The molecule has 0 saturated heterocycles. The smallest absolute Gasteiger partial charge is 0.128 e. The molecule has 3 N–H and O–H groups in total. The second-order valence-corrected chi connectivity index (χ2v) is 4.61. The zero-order chi connectivity index (χ0) is 11.9. The van der Waals surface area contributed by atoms with Crippen molar-refractivity contribution >= 4 is 21.7 Å². The SMILES string of the molecule is Cc1cc(Br)cc(-c2cc(N)n(C)n2)c1O. The van der Waals surface area contributed by atoms with Gasteiger partial charge in [0, 0.05) is 23.2 Å². The van der Waals surface area contributed by atoms with Gasteiger partial charge in [-0.25, -0.2) is 0 Å². The van der Waals surface area contributed by atoms with Gasteiger partial charge in [0.15, 0.2) is 0 Å². The number of aromatic hydroxyl groups is 1. The molecule has 0 fully saturated rings. The van der Waals surface area contributed by atoms with Crippen LogP contribution in [-0.4, -0.2) is 14.9 Å². The number of benzene rings is 1. The fourth-order valence-electron chi connectivity index (χ4n) is 1.54. The Balaban J connectivity index is 2.63. The summed E-state index contributed by atoms with van der Waals surface area (Å²) >= 11 is 3.39. The van der Waals surface area contributed by atoms with Crippen molar-refractivity contribution in [1.29, 1.82) is 0 Å². The zero-order valence-electron chi connectivity index (χ0n) is 9.03. The minimum Gasteiger partial charge on any atom is -0.507 e. The first-order valence-corrected chi connectivity index (χ1v) is 5.57. The van der Waals surface area contributed by atoms with E-state index >= 15 is 0 Å². The third kappa shape index (κ3) is 1.78. The number of nitrogen functional groups attached to an aromatic ring is 1. The lowest BCUT2D eigenvalue weighted by atomic mass is 10.1. The molecule has 0 amide bonds. The summed E-state index contributed by atoms with van der Waals surface area (Å²) in [5.74, 6) is 0.799. The van der Waals surface area contributed by atoms with Gasteiger partial charge in [0.2, 0.25) is 0 Å². The normalized spacial score (nSPS) is 10.7. The fourth-order valence-corrected chi connectivity index (χ4v) is 2.12. The summed E-state index contributed by atoms with van der Waals surface area (Å²) < 4.78 is 2.48. The van der Waals surface area contributed by atoms with Gasteiger partial charge in [0.05, 0.1) is 5.69 Å². The van der Waals surface area contributed by atoms with Crippen molar-refractivity contribution in [3.8, 4) is 17.0 Å². The molecule has 0 aliphatic rings. The van der Waals surface area contributed by atoms with E-state index in [1.54, 1.807) is 17.8 Å². The van der Waals surface area contributed by atoms with E-state index in [9.17, 15) is 5.11 Å². The van der Waals surface area contributed by atoms with E-state index in [1.165, 1.54) is 0 Å². The van der Waals surface area contributed by atoms with E-state index in [2.05, 4.69) is 21.0 Å². The topological polar surface area (TPSA) is 64.1 Å². The van der Waals surface area contributed by atoms with Gasteiger partial charge in [-0.2, -0.15) is 5.10 Å². The van der Waals surface area contributed by atoms with Gasteiger partial charge in [0.1, 0.15) is 11.6 Å².